The van der Waals surface area contributed by atoms with Crippen LogP contribution in [0.4, 0.5) is 4.39 Å². The van der Waals surface area contributed by atoms with Gasteiger partial charge in [-0.1, -0.05) is 0 Å². The molecule has 92 valence electrons. The Morgan fingerprint density at radius 2 is 2.24 bits per heavy atom. The molecule has 2 atom stereocenters. The summed E-state index contributed by atoms with van der Waals surface area (Å²) in [6.45, 7) is 3.73. The molecule has 2 heterocycles. The predicted octanol–water partition coefficient (Wildman–Crippen LogP) is 0.853. The number of nitrogens with zero attached hydrogens (tertiary/aromatic N) is 2. The molecule has 0 unspecified atom stereocenters. The Morgan fingerprint density at radius 1 is 1.53 bits per heavy atom. The first-order chi connectivity index (χ1) is 7.99. The largest absolute Gasteiger partial charge is 0.388 e. The number of carbonyl (C=O) groups excluding carboxylic acids is 1. The number of halogens is 1. The van der Waals surface area contributed by atoms with Crippen molar-refractivity contribution >= 4 is 5.91 Å². The van der Waals surface area contributed by atoms with Crippen LogP contribution in [0.15, 0.2) is 12.3 Å². The van der Waals surface area contributed by atoms with E-state index in [0.29, 0.717) is 5.56 Å². The average molecular weight is 238 g/mol. The number of aliphatic hydroxyl groups is 1. The maximum atomic E-state index is 13.1. The van der Waals surface area contributed by atoms with Gasteiger partial charge in [-0.3, -0.25) is 9.78 Å². The van der Waals surface area contributed by atoms with Crippen molar-refractivity contribution in [2.75, 3.05) is 13.1 Å². The number of likely N-dealkylation sites (tertiary alicyclic amines) is 1. The topological polar surface area (TPSA) is 53.4 Å². The van der Waals surface area contributed by atoms with Crippen LogP contribution in [0.5, 0.6) is 0 Å². The number of hydrogen-bond acceptors (Lipinski definition) is 3. The van der Waals surface area contributed by atoms with Crippen molar-refractivity contribution in [2.24, 2.45) is 0 Å². The molecule has 5 heteroatoms. The van der Waals surface area contributed by atoms with Gasteiger partial charge in [0.15, 0.2) is 0 Å². The number of β-amino-alcohol motifs (C(OH)–C–C–N with tert-alkyl or cyclic N) is 1. The number of alkyl halides is 1. The molecule has 1 aromatic heterocycles. The molecule has 0 spiro atoms. The molecule has 1 aliphatic rings. The quantitative estimate of drug-likeness (QED) is 0.789. The fourth-order valence-electron chi connectivity index (χ4n) is 1.86. The first-order valence-electron chi connectivity index (χ1n) is 5.53. The molecule has 0 aromatic carbocycles. The zero-order valence-electron chi connectivity index (χ0n) is 9.85. The summed E-state index contributed by atoms with van der Waals surface area (Å²) in [6.07, 6.45) is -0.931. The van der Waals surface area contributed by atoms with Crippen LogP contribution in [0.25, 0.3) is 0 Å². The Labute approximate surface area is 99.1 Å². The standard InChI is InChI=1S/C12H15FN2O2/c1-7-3-9(4-14-8(7)2)12(17)15-5-10(13)11(16)6-15/h3-4,10-11,16H,5-6H2,1-2H3/t10-,11-/m1/s1. The van der Waals surface area contributed by atoms with E-state index in [0.717, 1.165) is 11.3 Å². The summed E-state index contributed by atoms with van der Waals surface area (Å²) in [4.78, 5) is 17.4. The van der Waals surface area contributed by atoms with Crippen molar-refractivity contribution in [3.63, 3.8) is 0 Å². The lowest BCUT2D eigenvalue weighted by atomic mass is 10.1. The molecule has 1 saturated heterocycles. The Balaban J connectivity index is 2.17. The lowest BCUT2D eigenvalue weighted by Crippen LogP contribution is -2.29. The van der Waals surface area contributed by atoms with Crippen LogP contribution in [0.1, 0.15) is 21.6 Å². The summed E-state index contributed by atoms with van der Waals surface area (Å²) in [5.41, 5.74) is 2.23. The molecule has 4 nitrogen and oxygen atoms in total. The highest BCUT2D eigenvalue weighted by Crippen LogP contribution is 2.17. The van der Waals surface area contributed by atoms with E-state index in [-0.39, 0.29) is 19.0 Å². The zero-order valence-corrected chi connectivity index (χ0v) is 9.85. The molecule has 0 radical (unpaired) electrons. The summed E-state index contributed by atoms with van der Waals surface area (Å²) in [5.74, 6) is -0.278. The number of aryl methyl sites for hydroxylation is 2. The van der Waals surface area contributed by atoms with E-state index in [2.05, 4.69) is 4.98 Å². The van der Waals surface area contributed by atoms with Gasteiger partial charge >= 0.3 is 0 Å². The highest BCUT2D eigenvalue weighted by atomic mass is 19.1. The molecule has 2 rings (SSSR count). The van der Waals surface area contributed by atoms with Crippen LogP contribution in [0.3, 0.4) is 0 Å². The monoisotopic (exact) mass is 238 g/mol. The normalized spacial score (nSPS) is 24.1. The van der Waals surface area contributed by atoms with Crippen molar-refractivity contribution in [1.29, 1.82) is 0 Å². The second kappa shape index (κ2) is 4.41. The first-order valence-corrected chi connectivity index (χ1v) is 5.53. The minimum Gasteiger partial charge on any atom is -0.388 e. The highest BCUT2D eigenvalue weighted by Gasteiger charge is 2.34. The van der Waals surface area contributed by atoms with Crippen molar-refractivity contribution < 1.29 is 14.3 Å². The van der Waals surface area contributed by atoms with E-state index in [9.17, 15) is 14.3 Å². The van der Waals surface area contributed by atoms with Crippen LogP contribution >= 0.6 is 0 Å². The number of rotatable bonds is 1. The Morgan fingerprint density at radius 3 is 2.76 bits per heavy atom. The molecule has 1 N–H and O–H groups in total. The Bertz CT molecular complexity index is 440. The van der Waals surface area contributed by atoms with Gasteiger partial charge in [0, 0.05) is 18.4 Å². The van der Waals surface area contributed by atoms with Crippen molar-refractivity contribution in [3.05, 3.63) is 29.1 Å². The van der Waals surface area contributed by atoms with Crippen molar-refractivity contribution in [3.8, 4) is 0 Å². The van der Waals surface area contributed by atoms with E-state index >= 15 is 0 Å². The van der Waals surface area contributed by atoms with Gasteiger partial charge in [-0.25, -0.2) is 4.39 Å². The number of aromatic nitrogens is 1. The van der Waals surface area contributed by atoms with E-state index in [1.165, 1.54) is 11.1 Å². The molecule has 1 aliphatic heterocycles. The summed E-state index contributed by atoms with van der Waals surface area (Å²) in [7, 11) is 0. The molecule has 0 aliphatic carbocycles. The third-order valence-corrected chi connectivity index (χ3v) is 3.09. The van der Waals surface area contributed by atoms with Gasteiger partial charge in [0.1, 0.15) is 12.3 Å². The van der Waals surface area contributed by atoms with Gasteiger partial charge in [-0.05, 0) is 25.5 Å². The van der Waals surface area contributed by atoms with Crippen LogP contribution in [-0.2, 0) is 0 Å². The Kier molecular flexibility index (Phi) is 3.11. The number of hydrogen-bond donors (Lipinski definition) is 1. The van der Waals surface area contributed by atoms with E-state index in [1.807, 2.05) is 13.8 Å². The number of pyridine rings is 1. The summed E-state index contributed by atoms with van der Waals surface area (Å²) >= 11 is 0. The molecular formula is C12H15FN2O2. The zero-order chi connectivity index (χ0) is 12.6. The van der Waals surface area contributed by atoms with Gasteiger partial charge in [0.05, 0.1) is 12.1 Å². The second-order valence-electron chi connectivity index (χ2n) is 4.42. The maximum Gasteiger partial charge on any atom is 0.255 e. The molecule has 0 bridgehead atoms. The fraction of sp³-hybridized carbons (Fsp3) is 0.500. The molecule has 1 fully saturated rings. The molecule has 0 saturated carbocycles. The van der Waals surface area contributed by atoms with Crippen LogP contribution in [0.2, 0.25) is 0 Å². The molecular weight excluding hydrogens is 223 g/mol. The molecule has 17 heavy (non-hydrogen) atoms. The lowest BCUT2D eigenvalue weighted by Gasteiger charge is -2.15. The summed E-state index contributed by atoms with van der Waals surface area (Å²) in [5, 5.41) is 9.28. The van der Waals surface area contributed by atoms with E-state index in [1.54, 1.807) is 6.07 Å². The minimum atomic E-state index is -1.35. The number of amides is 1. The third-order valence-electron chi connectivity index (χ3n) is 3.09. The number of carbonyl (C=O) groups is 1. The number of aliphatic hydroxyl groups excluding tert-OH is 1. The van der Waals surface area contributed by atoms with Gasteiger partial charge in [-0.2, -0.15) is 0 Å². The third kappa shape index (κ3) is 2.29. The second-order valence-corrected chi connectivity index (χ2v) is 4.42. The van der Waals surface area contributed by atoms with Crippen molar-refractivity contribution in [1.82, 2.24) is 9.88 Å². The lowest BCUT2D eigenvalue weighted by molar-refractivity contribution is 0.0764. The maximum absolute atomic E-state index is 13.1. The van der Waals surface area contributed by atoms with E-state index in [4.69, 9.17) is 0 Å². The van der Waals surface area contributed by atoms with Crippen LogP contribution in [0, 0.1) is 13.8 Å². The summed E-state index contributed by atoms with van der Waals surface area (Å²) in [6, 6.07) is 1.74. The summed E-state index contributed by atoms with van der Waals surface area (Å²) < 4.78 is 13.1. The first kappa shape index (κ1) is 12.0. The predicted molar refractivity (Wildman–Crippen MR) is 60.5 cm³/mol. The van der Waals surface area contributed by atoms with Crippen LogP contribution in [-0.4, -0.2) is 46.3 Å². The van der Waals surface area contributed by atoms with Crippen molar-refractivity contribution in [2.45, 2.75) is 26.1 Å². The van der Waals surface area contributed by atoms with Gasteiger partial charge in [0.25, 0.3) is 5.91 Å². The highest BCUT2D eigenvalue weighted by molar-refractivity contribution is 5.94. The van der Waals surface area contributed by atoms with Gasteiger partial charge in [-0.15, -0.1) is 0 Å². The Hall–Kier alpha value is -1.49. The fourth-order valence-corrected chi connectivity index (χ4v) is 1.86. The SMILES string of the molecule is Cc1cc(C(=O)N2C[C@@H](O)[C@H](F)C2)cnc1C. The van der Waals surface area contributed by atoms with Gasteiger partial charge in [0.2, 0.25) is 0 Å². The molecule has 1 aromatic rings. The molecule has 1 amide bonds. The van der Waals surface area contributed by atoms with Crippen LogP contribution < -0.4 is 0 Å². The average Bonchev–Trinajstić information content (AvgIpc) is 2.62. The van der Waals surface area contributed by atoms with Gasteiger partial charge < -0.3 is 10.0 Å². The smallest absolute Gasteiger partial charge is 0.255 e. The minimum absolute atomic E-state index is 0.0485. The van der Waals surface area contributed by atoms with E-state index < -0.39 is 12.3 Å².